The van der Waals surface area contributed by atoms with Crippen LogP contribution < -0.4 is 0 Å². The summed E-state index contributed by atoms with van der Waals surface area (Å²) in [6.07, 6.45) is 16.1. The Balaban J connectivity index is -0.000000216. The van der Waals surface area contributed by atoms with Crippen molar-refractivity contribution in [3.05, 3.63) is 85.0 Å². The van der Waals surface area contributed by atoms with Gasteiger partial charge in [0.25, 0.3) is 0 Å². The van der Waals surface area contributed by atoms with Crippen LogP contribution in [0.4, 0.5) is 0 Å². The molecule has 0 spiro atoms. The maximum absolute atomic E-state index is 9.59. The average Bonchev–Trinajstić information content (AvgIpc) is 2.70. The third-order valence-corrected chi connectivity index (χ3v) is 2.86. The van der Waals surface area contributed by atoms with Gasteiger partial charge in [0.15, 0.2) is 6.29 Å². The summed E-state index contributed by atoms with van der Waals surface area (Å²) in [5.41, 5.74) is 0.672. The third kappa shape index (κ3) is 31.8. The number of rotatable bonds is 10. The summed E-state index contributed by atoms with van der Waals surface area (Å²) >= 11 is 10.1. The van der Waals surface area contributed by atoms with Crippen LogP contribution in [0.1, 0.15) is 27.2 Å². The Kier molecular flexibility index (Phi) is 39.4. The predicted molar refractivity (Wildman–Crippen MR) is 123 cm³/mol. The van der Waals surface area contributed by atoms with Gasteiger partial charge in [-0.15, -0.1) is 6.58 Å². The minimum atomic E-state index is -0.921. The summed E-state index contributed by atoms with van der Waals surface area (Å²) in [5, 5.41) is 10.2. The SMILES string of the molecule is C=C/C=C\C=C.C=CCC=C/C(Cl)=C/C=C(\CS)C(O)OCC.CC.O=C=O. The molecule has 0 aliphatic rings. The van der Waals surface area contributed by atoms with Gasteiger partial charge in [0.2, 0.25) is 0 Å². The second kappa shape index (κ2) is 32.8. The molecular formula is C22H33ClO4S. The van der Waals surface area contributed by atoms with Crippen LogP contribution in [0.2, 0.25) is 0 Å². The summed E-state index contributed by atoms with van der Waals surface area (Å²) in [6, 6.07) is 0. The Hall–Kier alpha value is -1.88. The van der Waals surface area contributed by atoms with Crippen molar-refractivity contribution < 1.29 is 19.4 Å². The molecule has 4 nitrogen and oxygen atoms in total. The van der Waals surface area contributed by atoms with E-state index in [1.165, 1.54) is 0 Å². The van der Waals surface area contributed by atoms with Crippen LogP contribution in [-0.2, 0) is 14.3 Å². The van der Waals surface area contributed by atoms with Crippen molar-refractivity contribution in [1.82, 2.24) is 0 Å². The quantitative estimate of drug-likeness (QED) is 0.199. The summed E-state index contributed by atoms with van der Waals surface area (Å²) < 4.78 is 5.06. The van der Waals surface area contributed by atoms with Crippen molar-refractivity contribution in [3.63, 3.8) is 0 Å². The third-order valence-electron chi connectivity index (χ3n) is 2.24. The van der Waals surface area contributed by atoms with Gasteiger partial charge in [-0.3, -0.25) is 0 Å². The lowest BCUT2D eigenvalue weighted by molar-refractivity contribution is -0.191. The Morgan fingerprint density at radius 2 is 1.68 bits per heavy atom. The summed E-state index contributed by atoms with van der Waals surface area (Å²) in [7, 11) is 0. The molecule has 0 saturated carbocycles. The highest BCUT2D eigenvalue weighted by Gasteiger charge is 2.07. The van der Waals surface area contributed by atoms with Crippen molar-refractivity contribution in [2.75, 3.05) is 12.4 Å². The molecule has 158 valence electrons. The number of aliphatic hydroxyl groups is 1. The van der Waals surface area contributed by atoms with Crippen LogP contribution in [-0.4, -0.2) is 29.9 Å². The molecule has 0 aromatic carbocycles. The molecule has 28 heavy (non-hydrogen) atoms. The van der Waals surface area contributed by atoms with Crippen molar-refractivity contribution >= 4 is 30.4 Å². The lowest BCUT2D eigenvalue weighted by atomic mass is 10.2. The van der Waals surface area contributed by atoms with Gasteiger partial charge in [0.05, 0.1) is 0 Å². The van der Waals surface area contributed by atoms with E-state index in [1.54, 1.807) is 36.5 Å². The fourth-order valence-electron chi connectivity index (χ4n) is 1.15. The molecule has 0 aromatic rings. The lowest BCUT2D eigenvalue weighted by Gasteiger charge is -2.12. The maximum atomic E-state index is 9.59. The van der Waals surface area contributed by atoms with Crippen LogP contribution in [0.5, 0.6) is 0 Å². The number of hydrogen-bond donors (Lipinski definition) is 2. The molecule has 1 unspecified atom stereocenters. The van der Waals surface area contributed by atoms with E-state index in [0.717, 1.165) is 6.42 Å². The van der Waals surface area contributed by atoms with E-state index in [2.05, 4.69) is 32.4 Å². The molecule has 0 bridgehead atoms. The largest absolute Gasteiger partial charge is 0.373 e. The first-order valence-corrected chi connectivity index (χ1v) is 9.63. The van der Waals surface area contributed by atoms with E-state index in [4.69, 9.17) is 25.9 Å². The summed E-state index contributed by atoms with van der Waals surface area (Å²) in [4.78, 5) is 16.2. The van der Waals surface area contributed by atoms with Gasteiger partial charge in [-0.25, -0.2) is 0 Å². The number of thiol groups is 1. The van der Waals surface area contributed by atoms with Crippen molar-refractivity contribution in [2.45, 2.75) is 33.5 Å². The van der Waals surface area contributed by atoms with Gasteiger partial charge in [0.1, 0.15) is 0 Å². The van der Waals surface area contributed by atoms with E-state index in [0.29, 0.717) is 23.0 Å². The normalized spacial score (nSPS) is 11.6. The highest BCUT2D eigenvalue weighted by molar-refractivity contribution is 7.80. The first-order valence-electron chi connectivity index (χ1n) is 8.62. The summed E-state index contributed by atoms with van der Waals surface area (Å²) in [5.74, 6) is 0.415. The fraction of sp³-hybridized carbons (Fsp3) is 0.318. The zero-order chi connectivity index (χ0) is 22.6. The zero-order valence-electron chi connectivity index (χ0n) is 17.0. The number of ether oxygens (including phenoxy) is 1. The molecule has 0 radical (unpaired) electrons. The van der Waals surface area contributed by atoms with Crippen LogP contribution in [0.3, 0.4) is 0 Å². The first-order chi connectivity index (χ1) is 13.5. The second-order valence-corrected chi connectivity index (χ2v) is 4.88. The standard InChI is InChI=1S/C13H19ClO2S.C6H8.C2H6.CO2/c1-3-5-6-7-12(14)9-8-11(10-17)13(15)16-4-2;1-3-5-6-4-2;1-2;2-1-3/h3,6-9,13,15,17H,1,4-5,10H2,2H3;3-6H,1-2H2;1-2H3;/b7-6?,11-8+,12-9-;6-5-;;. The van der Waals surface area contributed by atoms with Gasteiger partial charge in [-0.1, -0.05) is 81.1 Å². The summed E-state index contributed by atoms with van der Waals surface area (Å²) in [6.45, 7) is 16.8. The van der Waals surface area contributed by atoms with Gasteiger partial charge in [-0.2, -0.15) is 22.2 Å². The average molecular weight is 429 g/mol. The van der Waals surface area contributed by atoms with Crippen LogP contribution in [0.25, 0.3) is 0 Å². The number of allylic oxidation sites excluding steroid dienone is 10. The lowest BCUT2D eigenvalue weighted by Crippen LogP contribution is -2.15. The smallest absolute Gasteiger partial charge is 0.364 e. The topological polar surface area (TPSA) is 63.6 Å². The van der Waals surface area contributed by atoms with Crippen molar-refractivity contribution in [2.24, 2.45) is 0 Å². The Morgan fingerprint density at radius 3 is 2.04 bits per heavy atom. The Bertz CT molecular complexity index is 519. The van der Waals surface area contributed by atoms with Gasteiger partial charge < -0.3 is 9.84 Å². The highest BCUT2D eigenvalue weighted by atomic mass is 35.5. The molecule has 0 aliphatic heterocycles. The van der Waals surface area contributed by atoms with E-state index in [9.17, 15) is 5.11 Å². The minimum Gasteiger partial charge on any atom is -0.364 e. The Morgan fingerprint density at radius 1 is 1.18 bits per heavy atom. The molecular weight excluding hydrogens is 396 g/mol. The van der Waals surface area contributed by atoms with Crippen LogP contribution in [0.15, 0.2) is 85.0 Å². The van der Waals surface area contributed by atoms with Crippen LogP contribution in [0, 0.1) is 0 Å². The minimum absolute atomic E-state index is 0.250. The number of aliphatic hydroxyl groups excluding tert-OH is 1. The highest BCUT2D eigenvalue weighted by Crippen LogP contribution is 2.10. The van der Waals surface area contributed by atoms with E-state index >= 15 is 0 Å². The molecule has 0 rings (SSSR count). The molecule has 1 atom stereocenters. The number of halogens is 1. The molecule has 1 N–H and O–H groups in total. The molecule has 0 fully saturated rings. The Labute approximate surface area is 180 Å². The molecule has 0 aromatic heterocycles. The van der Waals surface area contributed by atoms with Crippen molar-refractivity contribution in [3.8, 4) is 0 Å². The van der Waals surface area contributed by atoms with Crippen molar-refractivity contribution in [1.29, 1.82) is 0 Å². The molecule has 0 aliphatic carbocycles. The second-order valence-electron chi connectivity index (χ2n) is 4.13. The van der Waals surface area contributed by atoms with E-state index < -0.39 is 6.29 Å². The number of carbonyl (C=O) groups excluding carboxylic acids is 2. The molecule has 0 amide bonds. The van der Waals surface area contributed by atoms with Gasteiger partial charge in [0, 0.05) is 17.4 Å². The first kappa shape index (κ1) is 33.7. The number of hydrogen-bond acceptors (Lipinski definition) is 5. The van der Waals surface area contributed by atoms with E-state index in [1.807, 2.05) is 39.0 Å². The predicted octanol–water partition coefficient (Wildman–Crippen LogP) is 5.81. The van der Waals surface area contributed by atoms with Gasteiger partial charge >= 0.3 is 6.15 Å². The zero-order valence-corrected chi connectivity index (χ0v) is 18.7. The van der Waals surface area contributed by atoms with Gasteiger partial charge in [-0.05, 0) is 31.1 Å². The maximum Gasteiger partial charge on any atom is 0.373 e. The van der Waals surface area contributed by atoms with E-state index in [-0.39, 0.29) is 6.15 Å². The fourth-order valence-corrected chi connectivity index (χ4v) is 1.57. The molecule has 0 saturated heterocycles. The van der Waals surface area contributed by atoms with Crippen LogP contribution >= 0.6 is 24.2 Å². The monoisotopic (exact) mass is 428 g/mol. The molecule has 0 heterocycles. The molecule has 6 heteroatoms.